The van der Waals surface area contributed by atoms with E-state index in [0.717, 1.165) is 35.8 Å². The number of carbonyl (C=O) groups excluding carboxylic acids is 2. The van der Waals surface area contributed by atoms with Crippen LogP contribution in [-0.4, -0.2) is 46.4 Å². The quantitative estimate of drug-likeness (QED) is 0.734. The minimum Gasteiger partial charge on any atom is -0.302 e. The molecular formula is C18H22N4O2S2. The summed E-state index contributed by atoms with van der Waals surface area (Å²) in [6.45, 7) is 2.37. The lowest BCUT2D eigenvalue weighted by Gasteiger charge is -2.31. The van der Waals surface area contributed by atoms with E-state index in [4.69, 9.17) is 0 Å². The summed E-state index contributed by atoms with van der Waals surface area (Å²) in [5, 5.41) is 14.6. The molecule has 0 bridgehead atoms. The highest BCUT2D eigenvalue weighted by atomic mass is 32.1. The van der Waals surface area contributed by atoms with E-state index < -0.39 is 0 Å². The number of nitrogens with one attached hydrogen (secondary N) is 1. The first-order valence-corrected chi connectivity index (χ1v) is 10.8. The van der Waals surface area contributed by atoms with E-state index in [1.807, 2.05) is 17.5 Å². The first kappa shape index (κ1) is 17.8. The SMILES string of the molecule is O=C(CCN1CCC[C@@H](C(=O)c2cccs2)C1)Nc1nnc(C2CC2)s1. The van der Waals surface area contributed by atoms with Crippen LogP contribution in [0.15, 0.2) is 17.5 Å². The van der Waals surface area contributed by atoms with Gasteiger partial charge in [-0.2, -0.15) is 0 Å². The molecule has 1 N–H and O–H groups in total. The van der Waals surface area contributed by atoms with Gasteiger partial charge in [-0.05, 0) is 43.7 Å². The van der Waals surface area contributed by atoms with Gasteiger partial charge in [-0.1, -0.05) is 17.4 Å². The Kier molecular flexibility index (Phi) is 5.42. The van der Waals surface area contributed by atoms with Crippen molar-refractivity contribution in [3.8, 4) is 0 Å². The molecule has 0 spiro atoms. The third-order valence-corrected chi connectivity index (χ3v) is 6.79. The number of aromatic nitrogens is 2. The van der Waals surface area contributed by atoms with Gasteiger partial charge >= 0.3 is 0 Å². The standard InChI is InChI=1S/C18H22N4O2S2/c23-15(19-18-21-20-17(26-18)12-5-6-12)7-9-22-8-1-3-13(11-22)16(24)14-4-2-10-25-14/h2,4,10,12-13H,1,3,5-9,11H2,(H,19,21,23)/t13-/m1/s1. The summed E-state index contributed by atoms with van der Waals surface area (Å²) in [5.74, 6) is 0.824. The highest BCUT2D eigenvalue weighted by molar-refractivity contribution is 7.15. The van der Waals surface area contributed by atoms with Gasteiger partial charge in [-0.3, -0.25) is 9.59 Å². The van der Waals surface area contributed by atoms with Gasteiger partial charge < -0.3 is 10.2 Å². The van der Waals surface area contributed by atoms with Crippen molar-refractivity contribution >= 4 is 39.5 Å². The molecule has 1 aliphatic carbocycles. The van der Waals surface area contributed by atoms with E-state index in [1.165, 1.54) is 35.5 Å². The molecule has 3 heterocycles. The largest absolute Gasteiger partial charge is 0.302 e. The molecule has 1 saturated carbocycles. The summed E-state index contributed by atoms with van der Waals surface area (Å²) < 4.78 is 0. The molecule has 2 aliphatic rings. The van der Waals surface area contributed by atoms with E-state index in [1.54, 1.807) is 0 Å². The Morgan fingerprint density at radius 3 is 2.92 bits per heavy atom. The predicted octanol–water partition coefficient (Wildman–Crippen LogP) is 3.40. The number of ketones is 1. The molecule has 1 saturated heterocycles. The molecular weight excluding hydrogens is 368 g/mol. The Labute approximate surface area is 160 Å². The summed E-state index contributed by atoms with van der Waals surface area (Å²) in [4.78, 5) is 27.8. The van der Waals surface area contributed by atoms with Crippen LogP contribution in [0.3, 0.4) is 0 Å². The maximum absolute atomic E-state index is 12.5. The van der Waals surface area contributed by atoms with Crippen molar-refractivity contribution in [2.45, 2.75) is 38.0 Å². The van der Waals surface area contributed by atoms with Crippen molar-refractivity contribution in [2.75, 3.05) is 25.0 Å². The first-order valence-electron chi connectivity index (χ1n) is 9.12. The smallest absolute Gasteiger partial charge is 0.227 e. The second kappa shape index (κ2) is 7.94. The summed E-state index contributed by atoms with van der Waals surface area (Å²) in [5.41, 5.74) is 0. The van der Waals surface area contributed by atoms with Crippen LogP contribution >= 0.6 is 22.7 Å². The summed E-state index contributed by atoms with van der Waals surface area (Å²) in [6, 6.07) is 3.82. The fraction of sp³-hybridized carbons (Fsp3) is 0.556. The van der Waals surface area contributed by atoms with E-state index in [-0.39, 0.29) is 17.6 Å². The molecule has 26 heavy (non-hydrogen) atoms. The molecule has 1 amide bonds. The van der Waals surface area contributed by atoms with Gasteiger partial charge in [-0.15, -0.1) is 21.5 Å². The average Bonchev–Trinajstić information content (AvgIpc) is 3.16. The van der Waals surface area contributed by atoms with Gasteiger partial charge in [0.25, 0.3) is 0 Å². The van der Waals surface area contributed by atoms with Crippen LogP contribution in [0.25, 0.3) is 0 Å². The van der Waals surface area contributed by atoms with Crippen LogP contribution in [0.5, 0.6) is 0 Å². The summed E-state index contributed by atoms with van der Waals surface area (Å²) >= 11 is 2.99. The fourth-order valence-corrected chi connectivity index (χ4v) is 4.99. The van der Waals surface area contributed by atoms with Crippen molar-refractivity contribution in [1.82, 2.24) is 15.1 Å². The normalized spacial score (nSPS) is 20.8. The van der Waals surface area contributed by atoms with E-state index in [9.17, 15) is 9.59 Å². The maximum atomic E-state index is 12.5. The Hall–Kier alpha value is -1.64. The molecule has 2 fully saturated rings. The van der Waals surface area contributed by atoms with Crippen LogP contribution in [0.4, 0.5) is 5.13 Å². The van der Waals surface area contributed by atoms with Gasteiger partial charge in [0.05, 0.1) is 4.88 Å². The Bertz CT molecular complexity index is 770. The summed E-state index contributed by atoms with van der Waals surface area (Å²) in [7, 11) is 0. The average molecular weight is 391 g/mol. The van der Waals surface area contributed by atoms with Crippen molar-refractivity contribution < 1.29 is 9.59 Å². The zero-order valence-corrected chi connectivity index (χ0v) is 16.2. The van der Waals surface area contributed by atoms with Crippen LogP contribution < -0.4 is 5.32 Å². The third kappa shape index (κ3) is 4.36. The number of thiophene rings is 1. The predicted molar refractivity (Wildman–Crippen MR) is 103 cm³/mol. The lowest BCUT2D eigenvalue weighted by molar-refractivity contribution is -0.116. The minimum absolute atomic E-state index is 0.0322. The minimum atomic E-state index is -0.0322. The van der Waals surface area contributed by atoms with Crippen LogP contribution in [-0.2, 0) is 4.79 Å². The highest BCUT2D eigenvalue weighted by Gasteiger charge is 2.28. The molecule has 0 radical (unpaired) electrons. The number of hydrogen-bond donors (Lipinski definition) is 1. The number of Topliss-reactive ketones (excluding diaryl/α,β-unsaturated/α-hetero) is 1. The van der Waals surface area contributed by atoms with Crippen molar-refractivity contribution in [1.29, 1.82) is 0 Å². The highest BCUT2D eigenvalue weighted by Crippen LogP contribution is 2.42. The number of amides is 1. The molecule has 6 nitrogen and oxygen atoms in total. The number of likely N-dealkylation sites (tertiary alicyclic amines) is 1. The van der Waals surface area contributed by atoms with E-state index >= 15 is 0 Å². The van der Waals surface area contributed by atoms with Gasteiger partial charge in [-0.25, -0.2) is 0 Å². The zero-order valence-electron chi connectivity index (χ0n) is 14.5. The number of piperidine rings is 1. The second-order valence-corrected chi connectivity index (χ2v) is 8.96. The molecule has 0 aromatic carbocycles. The summed E-state index contributed by atoms with van der Waals surface area (Å²) in [6.07, 6.45) is 4.72. The number of nitrogens with zero attached hydrogens (tertiary/aromatic N) is 3. The molecule has 1 atom stereocenters. The number of rotatable bonds is 7. The van der Waals surface area contributed by atoms with E-state index in [0.29, 0.717) is 24.0 Å². The number of carbonyl (C=O) groups is 2. The fourth-order valence-electron chi connectivity index (χ4n) is 3.31. The Balaban J connectivity index is 1.24. The van der Waals surface area contributed by atoms with Crippen LogP contribution in [0.2, 0.25) is 0 Å². The van der Waals surface area contributed by atoms with Gasteiger partial charge in [0.2, 0.25) is 11.0 Å². The number of hydrogen-bond acceptors (Lipinski definition) is 7. The van der Waals surface area contributed by atoms with E-state index in [2.05, 4.69) is 20.4 Å². The molecule has 2 aromatic rings. The van der Waals surface area contributed by atoms with Crippen molar-refractivity contribution in [2.24, 2.45) is 5.92 Å². The molecule has 1 aliphatic heterocycles. The monoisotopic (exact) mass is 390 g/mol. The van der Waals surface area contributed by atoms with Crippen molar-refractivity contribution in [3.63, 3.8) is 0 Å². The Morgan fingerprint density at radius 2 is 2.15 bits per heavy atom. The molecule has 138 valence electrons. The van der Waals surface area contributed by atoms with Gasteiger partial charge in [0, 0.05) is 31.3 Å². The number of anilines is 1. The van der Waals surface area contributed by atoms with Gasteiger partial charge in [0.15, 0.2) is 5.78 Å². The lowest BCUT2D eigenvalue weighted by Crippen LogP contribution is -2.40. The van der Waals surface area contributed by atoms with Crippen molar-refractivity contribution in [3.05, 3.63) is 27.4 Å². The topological polar surface area (TPSA) is 75.2 Å². The second-order valence-electron chi connectivity index (χ2n) is 7.00. The maximum Gasteiger partial charge on any atom is 0.227 e. The lowest BCUT2D eigenvalue weighted by atomic mass is 9.93. The first-order chi connectivity index (χ1) is 12.7. The molecule has 2 aromatic heterocycles. The van der Waals surface area contributed by atoms with Crippen LogP contribution in [0, 0.1) is 5.92 Å². The molecule has 4 rings (SSSR count). The molecule has 0 unspecified atom stereocenters. The Morgan fingerprint density at radius 1 is 1.27 bits per heavy atom. The zero-order chi connectivity index (χ0) is 17.9. The molecule has 8 heteroatoms. The third-order valence-electron chi connectivity index (χ3n) is 4.91. The van der Waals surface area contributed by atoms with Gasteiger partial charge in [0.1, 0.15) is 5.01 Å². The van der Waals surface area contributed by atoms with Crippen LogP contribution in [0.1, 0.15) is 52.7 Å².